The quantitative estimate of drug-likeness (QED) is 0.494. The van der Waals surface area contributed by atoms with Gasteiger partial charge in [0, 0.05) is 17.8 Å². The number of fused-ring (bicyclic) bond motifs is 2. The van der Waals surface area contributed by atoms with Gasteiger partial charge in [-0.25, -0.2) is 4.52 Å². The second-order valence-electron chi connectivity index (χ2n) is 7.29. The Balaban J connectivity index is 1.41. The van der Waals surface area contributed by atoms with Crippen molar-refractivity contribution in [2.75, 3.05) is 25.1 Å². The summed E-state index contributed by atoms with van der Waals surface area (Å²) in [5.41, 5.74) is 9.10. The lowest BCUT2D eigenvalue weighted by atomic mass is 10.1. The zero-order valence-corrected chi connectivity index (χ0v) is 17.1. The van der Waals surface area contributed by atoms with Crippen LogP contribution < -0.4 is 25.3 Å². The van der Waals surface area contributed by atoms with Crippen molar-refractivity contribution in [2.24, 2.45) is 5.73 Å². The van der Waals surface area contributed by atoms with Crippen molar-refractivity contribution in [3.8, 4) is 28.5 Å². The van der Waals surface area contributed by atoms with Gasteiger partial charge in [-0.05, 0) is 61.5 Å². The highest BCUT2D eigenvalue weighted by molar-refractivity contribution is 5.68. The van der Waals surface area contributed by atoms with Gasteiger partial charge in [0.25, 0.3) is 0 Å². The molecule has 1 atom stereocenters. The topological polar surface area (TPSA) is 95.9 Å². The molecule has 5 rings (SSSR count). The van der Waals surface area contributed by atoms with Crippen LogP contribution in [0.1, 0.15) is 6.92 Å². The number of nitrogens with one attached hydrogen (secondary N) is 1. The molecule has 0 spiro atoms. The summed E-state index contributed by atoms with van der Waals surface area (Å²) in [4.78, 5) is 4.60. The Morgan fingerprint density at radius 2 is 1.87 bits per heavy atom. The number of pyridine rings is 1. The molecule has 0 saturated carbocycles. The van der Waals surface area contributed by atoms with Crippen LogP contribution in [0, 0.1) is 0 Å². The van der Waals surface area contributed by atoms with Crippen LogP contribution in [0.3, 0.4) is 0 Å². The maximum atomic E-state index is 5.72. The average Bonchev–Trinajstić information content (AvgIpc) is 3.22. The van der Waals surface area contributed by atoms with Gasteiger partial charge in [0.1, 0.15) is 25.1 Å². The molecule has 0 radical (unpaired) electrons. The van der Waals surface area contributed by atoms with Crippen molar-refractivity contribution in [1.29, 1.82) is 0 Å². The van der Waals surface area contributed by atoms with E-state index in [2.05, 4.69) is 15.4 Å². The molecule has 158 valence electrons. The average molecular weight is 417 g/mol. The molecule has 0 amide bonds. The van der Waals surface area contributed by atoms with Gasteiger partial charge in [-0.3, -0.25) is 0 Å². The standard InChI is InChI=1S/C23H23N5O3/c1-15(14-24)31-18-8-6-17(7-9-18)25-23-26-22-4-2-3-19(28(22)27-23)16-5-10-20-21(13-16)30-12-11-29-20/h2-10,13,15H,11-12,14,24H2,1H3,(H,25,27). The van der Waals surface area contributed by atoms with Crippen LogP contribution in [-0.2, 0) is 0 Å². The third-order valence-corrected chi connectivity index (χ3v) is 4.98. The summed E-state index contributed by atoms with van der Waals surface area (Å²) in [6.45, 7) is 3.52. The number of nitrogens with zero attached hydrogens (tertiary/aromatic N) is 3. The lowest BCUT2D eigenvalue weighted by Gasteiger charge is -2.19. The van der Waals surface area contributed by atoms with Crippen LogP contribution in [0.5, 0.6) is 17.2 Å². The van der Waals surface area contributed by atoms with Crippen LogP contribution in [0.15, 0.2) is 60.7 Å². The molecular formula is C23H23N5O3. The molecular weight excluding hydrogens is 394 g/mol. The van der Waals surface area contributed by atoms with E-state index in [4.69, 9.17) is 19.9 Å². The summed E-state index contributed by atoms with van der Waals surface area (Å²) >= 11 is 0. The first-order valence-corrected chi connectivity index (χ1v) is 10.2. The lowest BCUT2D eigenvalue weighted by molar-refractivity contribution is 0.171. The van der Waals surface area contributed by atoms with E-state index in [9.17, 15) is 0 Å². The maximum absolute atomic E-state index is 5.72. The summed E-state index contributed by atoms with van der Waals surface area (Å²) in [6.07, 6.45) is -0.0297. The molecule has 8 nitrogen and oxygen atoms in total. The first-order chi connectivity index (χ1) is 15.2. The van der Waals surface area contributed by atoms with E-state index >= 15 is 0 Å². The highest BCUT2D eigenvalue weighted by Gasteiger charge is 2.15. The van der Waals surface area contributed by atoms with E-state index in [0.717, 1.165) is 39.8 Å². The van der Waals surface area contributed by atoms with Gasteiger partial charge in [-0.2, -0.15) is 4.98 Å². The van der Waals surface area contributed by atoms with Crippen LogP contribution in [0.4, 0.5) is 11.6 Å². The van der Waals surface area contributed by atoms with Crippen molar-refractivity contribution in [3.05, 3.63) is 60.7 Å². The number of ether oxygens (including phenoxy) is 3. The van der Waals surface area contributed by atoms with Crippen molar-refractivity contribution in [1.82, 2.24) is 14.6 Å². The van der Waals surface area contributed by atoms with Gasteiger partial charge >= 0.3 is 0 Å². The first kappa shape index (κ1) is 19.2. The SMILES string of the molecule is CC(CN)Oc1ccc(Nc2nc3cccc(-c4ccc5c(c4)OCCO5)n3n2)cc1. The third-order valence-electron chi connectivity index (χ3n) is 4.98. The van der Waals surface area contributed by atoms with Crippen molar-refractivity contribution in [2.45, 2.75) is 13.0 Å². The van der Waals surface area contributed by atoms with Gasteiger partial charge in [-0.1, -0.05) is 6.07 Å². The zero-order valence-electron chi connectivity index (χ0n) is 17.1. The molecule has 3 N–H and O–H groups in total. The Hall–Kier alpha value is -3.78. The van der Waals surface area contributed by atoms with Crippen molar-refractivity contribution < 1.29 is 14.2 Å². The van der Waals surface area contributed by atoms with Crippen LogP contribution in [0.25, 0.3) is 16.9 Å². The number of anilines is 2. The van der Waals surface area contributed by atoms with Gasteiger partial charge < -0.3 is 25.3 Å². The Bertz CT molecular complexity index is 1210. The van der Waals surface area contributed by atoms with Crippen LogP contribution in [-0.4, -0.2) is 40.5 Å². The van der Waals surface area contributed by atoms with Crippen molar-refractivity contribution in [3.63, 3.8) is 0 Å². The minimum Gasteiger partial charge on any atom is -0.489 e. The predicted octanol–water partition coefficient (Wildman–Crippen LogP) is 3.64. The van der Waals surface area contributed by atoms with Gasteiger partial charge in [0.15, 0.2) is 17.1 Å². The molecule has 1 aliphatic rings. The van der Waals surface area contributed by atoms with E-state index in [-0.39, 0.29) is 6.10 Å². The van der Waals surface area contributed by atoms with Gasteiger partial charge in [-0.15, -0.1) is 5.10 Å². The number of benzene rings is 2. The Kier molecular flexibility index (Phi) is 5.05. The molecule has 2 aromatic heterocycles. The molecule has 4 aromatic rings. The molecule has 0 fully saturated rings. The van der Waals surface area contributed by atoms with Crippen LogP contribution in [0.2, 0.25) is 0 Å². The number of hydrogen-bond donors (Lipinski definition) is 2. The minimum atomic E-state index is -0.0297. The maximum Gasteiger partial charge on any atom is 0.247 e. The molecule has 0 bridgehead atoms. The van der Waals surface area contributed by atoms with E-state index in [0.29, 0.717) is 25.7 Å². The highest BCUT2D eigenvalue weighted by Crippen LogP contribution is 2.34. The lowest BCUT2D eigenvalue weighted by Crippen LogP contribution is -2.22. The number of rotatable bonds is 6. The molecule has 2 aromatic carbocycles. The summed E-state index contributed by atoms with van der Waals surface area (Å²) in [5, 5.41) is 7.90. The predicted molar refractivity (Wildman–Crippen MR) is 118 cm³/mol. The minimum absolute atomic E-state index is 0.0297. The van der Waals surface area contributed by atoms with E-state index in [1.165, 1.54) is 0 Å². The number of hydrogen-bond acceptors (Lipinski definition) is 7. The molecule has 3 heterocycles. The zero-order chi connectivity index (χ0) is 21.2. The van der Waals surface area contributed by atoms with Gasteiger partial charge in [0.2, 0.25) is 5.95 Å². The van der Waals surface area contributed by atoms with Crippen LogP contribution >= 0.6 is 0 Å². The largest absolute Gasteiger partial charge is 0.489 e. The Morgan fingerprint density at radius 1 is 1.06 bits per heavy atom. The third kappa shape index (κ3) is 3.97. The smallest absolute Gasteiger partial charge is 0.247 e. The van der Waals surface area contributed by atoms with Crippen molar-refractivity contribution >= 4 is 17.3 Å². The van der Waals surface area contributed by atoms with E-state index < -0.39 is 0 Å². The second-order valence-corrected chi connectivity index (χ2v) is 7.29. The molecule has 8 heteroatoms. The molecule has 0 saturated heterocycles. The summed E-state index contributed by atoms with van der Waals surface area (Å²) < 4.78 is 18.9. The Morgan fingerprint density at radius 3 is 2.68 bits per heavy atom. The van der Waals surface area contributed by atoms with E-state index in [1.54, 1.807) is 0 Å². The van der Waals surface area contributed by atoms with Gasteiger partial charge in [0.05, 0.1) is 5.69 Å². The van der Waals surface area contributed by atoms with E-state index in [1.807, 2.05) is 72.1 Å². The summed E-state index contributed by atoms with van der Waals surface area (Å²) in [7, 11) is 0. The fourth-order valence-electron chi connectivity index (χ4n) is 3.41. The molecule has 1 unspecified atom stereocenters. The normalized spacial score (nSPS) is 13.7. The Labute approximate surface area is 179 Å². The fourth-order valence-corrected chi connectivity index (χ4v) is 3.41. The summed E-state index contributed by atoms with van der Waals surface area (Å²) in [5.74, 6) is 2.78. The first-order valence-electron chi connectivity index (χ1n) is 10.2. The highest BCUT2D eigenvalue weighted by atomic mass is 16.6. The summed E-state index contributed by atoms with van der Waals surface area (Å²) in [6, 6.07) is 19.4. The fraction of sp³-hybridized carbons (Fsp3) is 0.217. The molecule has 0 aliphatic carbocycles. The number of nitrogens with two attached hydrogens (primary N) is 1. The monoisotopic (exact) mass is 417 g/mol. The molecule has 1 aliphatic heterocycles. The molecule has 31 heavy (non-hydrogen) atoms. The second kappa shape index (κ2) is 8.16. The number of aromatic nitrogens is 3.